The quantitative estimate of drug-likeness (QED) is 0.716. The van der Waals surface area contributed by atoms with Crippen molar-refractivity contribution in [3.8, 4) is 0 Å². The third kappa shape index (κ3) is 5.14. The topological polar surface area (TPSA) is 88.5 Å². The minimum Gasteiger partial charge on any atom is -0.477 e. The van der Waals surface area contributed by atoms with E-state index in [9.17, 15) is 9.59 Å². The molecule has 1 aromatic carbocycles. The van der Waals surface area contributed by atoms with Gasteiger partial charge in [0.15, 0.2) is 0 Å². The zero-order valence-electron chi connectivity index (χ0n) is 13.6. The summed E-state index contributed by atoms with van der Waals surface area (Å²) in [5.41, 5.74) is 1.53. The predicted molar refractivity (Wildman–Crippen MR) is 91.1 cm³/mol. The van der Waals surface area contributed by atoms with E-state index in [1.54, 1.807) is 13.8 Å². The Hall–Kier alpha value is -2.25. The van der Waals surface area contributed by atoms with Crippen LogP contribution in [0, 0.1) is 6.92 Å². The van der Waals surface area contributed by atoms with Gasteiger partial charge in [0, 0.05) is 6.42 Å². The summed E-state index contributed by atoms with van der Waals surface area (Å²) >= 11 is 1.09. The number of carboxylic acid groups (broad SMARTS) is 1. The van der Waals surface area contributed by atoms with Crippen LogP contribution in [0.2, 0.25) is 0 Å². The summed E-state index contributed by atoms with van der Waals surface area (Å²) in [6.07, 6.45) is 0.243. The lowest BCUT2D eigenvalue weighted by Crippen LogP contribution is -2.27. The molecule has 0 aliphatic rings. The molecule has 0 saturated carbocycles. The third-order valence-electron chi connectivity index (χ3n) is 3.34. The van der Waals surface area contributed by atoms with E-state index in [4.69, 9.17) is 9.84 Å². The molecule has 1 aromatic heterocycles. The van der Waals surface area contributed by atoms with Crippen molar-refractivity contribution in [2.75, 3.05) is 6.61 Å². The molecular weight excluding hydrogens is 328 g/mol. The normalized spacial score (nSPS) is 11.9. The Bertz CT molecular complexity index is 700. The van der Waals surface area contributed by atoms with Crippen molar-refractivity contribution in [3.63, 3.8) is 0 Å². The number of carbonyl (C=O) groups excluding carboxylic acids is 1. The first-order valence-electron chi connectivity index (χ1n) is 7.59. The van der Waals surface area contributed by atoms with Gasteiger partial charge in [0.1, 0.15) is 9.88 Å². The average molecular weight is 348 g/mol. The number of aryl methyl sites for hydroxylation is 1. The summed E-state index contributed by atoms with van der Waals surface area (Å²) < 4.78 is 5.48. The molecule has 0 radical (unpaired) electrons. The number of hydrogen-bond donors (Lipinski definition) is 2. The molecule has 0 aliphatic carbocycles. The molecule has 2 rings (SSSR count). The van der Waals surface area contributed by atoms with Gasteiger partial charge in [-0.2, -0.15) is 0 Å². The molecule has 2 N–H and O–H groups in total. The molecule has 7 heteroatoms. The SMILES string of the molecule is Cc1nc(C(C)NC(=O)CCOCc2ccccc2)sc1C(=O)O. The fourth-order valence-corrected chi connectivity index (χ4v) is 3.01. The van der Waals surface area contributed by atoms with E-state index in [1.165, 1.54) is 0 Å². The van der Waals surface area contributed by atoms with Gasteiger partial charge in [-0.1, -0.05) is 30.3 Å². The third-order valence-corrected chi connectivity index (χ3v) is 4.67. The number of ether oxygens (including phenoxy) is 1. The first-order valence-corrected chi connectivity index (χ1v) is 8.40. The monoisotopic (exact) mass is 348 g/mol. The van der Waals surface area contributed by atoms with E-state index >= 15 is 0 Å². The minimum absolute atomic E-state index is 0.153. The van der Waals surface area contributed by atoms with E-state index in [-0.39, 0.29) is 23.2 Å². The van der Waals surface area contributed by atoms with Gasteiger partial charge in [-0.05, 0) is 19.4 Å². The van der Waals surface area contributed by atoms with Crippen LogP contribution in [-0.2, 0) is 16.1 Å². The number of nitrogens with one attached hydrogen (secondary N) is 1. The highest BCUT2D eigenvalue weighted by molar-refractivity contribution is 7.13. The molecule has 1 amide bonds. The van der Waals surface area contributed by atoms with Gasteiger partial charge >= 0.3 is 5.97 Å². The summed E-state index contributed by atoms with van der Waals surface area (Å²) in [6.45, 7) is 4.23. The van der Waals surface area contributed by atoms with Gasteiger partial charge in [0.05, 0.1) is 24.9 Å². The van der Waals surface area contributed by atoms with Crippen LogP contribution in [0.1, 0.15) is 45.3 Å². The molecule has 6 nitrogen and oxygen atoms in total. The number of benzene rings is 1. The lowest BCUT2D eigenvalue weighted by Gasteiger charge is -2.11. The number of hydrogen-bond acceptors (Lipinski definition) is 5. The fourth-order valence-electron chi connectivity index (χ4n) is 2.11. The maximum absolute atomic E-state index is 11.9. The number of carbonyl (C=O) groups is 2. The number of thiazole rings is 1. The molecule has 1 heterocycles. The Morgan fingerprint density at radius 1 is 1.33 bits per heavy atom. The largest absolute Gasteiger partial charge is 0.477 e. The van der Waals surface area contributed by atoms with Gasteiger partial charge in [0.2, 0.25) is 5.91 Å². The highest BCUT2D eigenvalue weighted by Crippen LogP contribution is 2.23. The number of amides is 1. The smallest absolute Gasteiger partial charge is 0.347 e. The second-order valence-corrected chi connectivity index (χ2v) is 6.38. The Labute approximate surface area is 144 Å². The number of aromatic carboxylic acids is 1. The van der Waals surface area contributed by atoms with Crippen molar-refractivity contribution in [1.29, 1.82) is 0 Å². The fraction of sp³-hybridized carbons (Fsp3) is 0.353. The molecule has 0 bridgehead atoms. The Balaban J connectivity index is 1.75. The Morgan fingerprint density at radius 2 is 2.04 bits per heavy atom. The van der Waals surface area contributed by atoms with Crippen LogP contribution in [0.25, 0.3) is 0 Å². The van der Waals surface area contributed by atoms with Crippen LogP contribution in [0.15, 0.2) is 30.3 Å². The lowest BCUT2D eigenvalue weighted by molar-refractivity contribution is -0.122. The van der Waals surface area contributed by atoms with Gasteiger partial charge in [-0.3, -0.25) is 4.79 Å². The first-order chi connectivity index (χ1) is 11.5. The van der Waals surface area contributed by atoms with Gasteiger partial charge in [0.25, 0.3) is 0 Å². The van der Waals surface area contributed by atoms with Crippen LogP contribution in [0.4, 0.5) is 0 Å². The summed E-state index contributed by atoms with van der Waals surface area (Å²) in [5, 5.41) is 12.4. The highest BCUT2D eigenvalue weighted by Gasteiger charge is 2.19. The van der Waals surface area contributed by atoms with E-state index in [0.717, 1.165) is 16.9 Å². The maximum Gasteiger partial charge on any atom is 0.347 e. The molecule has 0 saturated heterocycles. The van der Waals surface area contributed by atoms with Crippen molar-refractivity contribution < 1.29 is 19.4 Å². The van der Waals surface area contributed by atoms with Crippen molar-refractivity contribution in [1.82, 2.24) is 10.3 Å². The summed E-state index contributed by atoms with van der Waals surface area (Å²) in [4.78, 5) is 27.4. The minimum atomic E-state index is -0.996. The number of rotatable bonds is 8. The van der Waals surface area contributed by atoms with Gasteiger partial charge < -0.3 is 15.2 Å². The zero-order chi connectivity index (χ0) is 17.5. The molecule has 0 aliphatic heterocycles. The molecule has 24 heavy (non-hydrogen) atoms. The standard InChI is InChI=1S/C17H20N2O4S/c1-11-15(17(21)22)24-16(19-11)12(2)18-14(20)8-9-23-10-13-6-4-3-5-7-13/h3-7,12H,8-10H2,1-2H3,(H,18,20)(H,21,22). The van der Waals surface area contributed by atoms with Crippen LogP contribution in [0.5, 0.6) is 0 Å². The predicted octanol–water partition coefficient (Wildman–Crippen LogP) is 2.93. The molecule has 128 valence electrons. The molecule has 0 spiro atoms. The van der Waals surface area contributed by atoms with Crippen LogP contribution in [0.3, 0.4) is 0 Å². The van der Waals surface area contributed by atoms with Crippen LogP contribution in [-0.4, -0.2) is 28.6 Å². The number of nitrogens with zero attached hydrogens (tertiary/aromatic N) is 1. The highest BCUT2D eigenvalue weighted by atomic mass is 32.1. The van der Waals surface area contributed by atoms with E-state index in [2.05, 4.69) is 10.3 Å². The van der Waals surface area contributed by atoms with Crippen LogP contribution >= 0.6 is 11.3 Å². The average Bonchev–Trinajstić information content (AvgIpc) is 2.95. The van der Waals surface area contributed by atoms with E-state index in [1.807, 2.05) is 30.3 Å². The van der Waals surface area contributed by atoms with Crippen molar-refractivity contribution in [2.24, 2.45) is 0 Å². The van der Waals surface area contributed by atoms with Gasteiger partial charge in [-0.25, -0.2) is 9.78 Å². The Morgan fingerprint density at radius 3 is 2.67 bits per heavy atom. The number of carboxylic acids is 1. The van der Waals surface area contributed by atoms with Gasteiger partial charge in [-0.15, -0.1) is 11.3 Å². The molecule has 2 aromatic rings. The molecule has 1 atom stereocenters. The summed E-state index contributed by atoms with van der Waals surface area (Å²) in [6, 6.07) is 9.42. The Kier molecular flexibility index (Phi) is 6.45. The zero-order valence-corrected chi connectivity index (χ0v) is 14.4. The summed E-state index contributed by atoms with van der Waals surface area (Å²) in [7, 11) is 0. The summed E-state index contributed by atoms with van der Waals surface area (Å²) in [5.74, 6) is -1.15. The molecule has 0 fully saturated rings. The maximum atomic E-state index is 11.9. The van der Waals surface area contributed by atoms with E-state index < -0.39 is 5.97 Å². The molecule has 1 unspecified atom stereocenters. The van der Waals surface area contributed by atoms with Crippen molar-refractivity contribution >= 4 is 23.2 Å². The van der Waals surface area contributed by atoms with E-state index in [0.29, 0.717) is 23.9 Å². The van der Waals surface area contributed by atoms with Crippen molar-refractivity contribution in [3.05, 3.63) is 51.5 Å². The second kappa shape index (κ2) is 8.56. The first kappa shape index (κ1) is 18.1. The number of aromatic nitrogens is 1. The van der Waals surface area contributed by atoms with Crippen molar-refractivity contribution in [2.45, 2.75) is 32.9 Å². The molecular formula is C17H20N2O4S. The van der Waals surface area contributed by atoms with Crippen LogP contribution < -0.4 is 5.32 Å². The lowest BCUT2D eigenvalue weighted by atomic mass is 10.2. The second-order valence-electron chi connectivity index (χ2n) is 5.35.